The average Bonchev–Trinajstić information content (AvgIpc) is 3.92. The summed E-state index contributed by atoms with van der Waals surface area (Å²) in [7, 11) is 2.89. The number of hydrogen-bond acceptors (Lipinski definition) is 11. The third kappa shape index (κ3) is 10.7. The number of rotatable bonds is 15. The summed E-state index contributed by atoms with van der Waals surface area (Å²) < 4.78 is 46.7. The molecule has 0 amide bonds. The molecule has 4 aromatic heterocycles. The van der Waals surface area contributed by atoms with Crippen molar-refractivity contribution in [3.8, 4) is 57.1 Å². The van der Waals surface area contributed by atoms with Crippen LogP contribution in [0, 0.1) is 11.6 Å². The van der Waals surface area contributed by atoms with Crippen molar-refractivity contribution < 1.29 is 27.8 Å². The van der Waals surface area contributed by atoms with Crippen molar-refractivity contribution in [2.24, 2.45) is 0 Å². The summed E-state index contributed by atoms with van der Waals surface area (Å²) in [5.74, 6) is 0.810. The number of carbonyl (C=O) groups is 1. The number of esters is 1. The average molecular weight is 819 g/mol. The molecule has 0 N–H and O–H groups in total. The number of nitrogens with zero attached hydrogens (tertiary/aromatic N) is 8. The zero-order valence-electron chi connectivity index (χ0n) is 33.3. The number of imidazole rings is 2. The van der Waals surface area contributed by atoms with Crippen molar-refractivity contribution >= 4 is 17.7 Å². The van der Waals surface area contributed by atoms with Gasteiger partial charge in [-0.2, -0.15) is 4.98 Å². The molecule has 12 nitrogen and oxygen atoms in total. The van der Waals surface area contributed by atoms with Crippen LogP contribution in [0.5, 0.6) is 11.8 Å². The summed E-state index contributed by atoms with van der Waals surface area (Å²) in [5, 5.41) is 0.683. The molecular weight excluding hydrogens is 775 g/mol. The van der Waals surface area contributed by atoms with Crippen LogP contribution in [0.1, 0.15) is 45.7 Å². The second kappa shape index (κ2) is 20.3. The first-order valence-corrected chi connectivity index (χ1v) is 19.9. The SMILES string of the molecule is CCCSc1nccc(-c2c(-c3ccc(F)cc3)ncn2C(C)CC(=O)OC)n1.COc1nccc(-c2c(-c3ccc(F)cc3)ncn2C(C)COc2ccccc2)n1. The van der Waals surface area contributed by atoms with Crippen molar-refractivity contribution in [2.75, 3.05) is 26.6 Å². The fraction of sp³-hybridized carbons (Fsp3) is 0.250. The highest BCUT2D eigenvalue weighted by Gasteiger charge is 2.23. The van der Waals surface area contributed by atoms with Gasteiger partial charge in [-0.3, -0.25) is 4.79 Å². The van der Waals surface area contributed by atoms with E-state index in [4.69, 9.17) is 19.2 Å². The van der Waals surface area contributed by atoms with Crippen LogP contribution in [0.15, 0.2) is 121 Å². The lowest BCUT2D eigenvalue weighted by Gasteiger charge is -2.18. The summed E-state index contributed by atoms with van der Waals surface area (Å²) >= 11 is 1.59. The van der Waals surface area contributed by atoms with E-state index in [0.29, 0.717) is 34.5 Å². The van der Waals surface area contributed by atoms with E-state index in [9.17, 15) is 13.6 Å². The van der Waals surface area contributed by atoms with Crippen LogP contribution in [0.4, 0.5) is 8.78 Å². The molecule has 15 heteroatoms. The molecule has 0 fully saturated rings. The molecule has 7 aromatic rings. The van der Waals surface area contributed by atoms with Gasteiger partial charge in [-0.1, -0.05) is 36.9 Å². The number of halogens is 2. The molecule has 2 unspecified atom stereocenters. The van der Waals surface area contributed by atoms with Crippen molar-refractivity contribution in [3.63, 3.8) is 0 Å². The van der Waals surface area contributed by atoms with Crippen LogP contribution >= 0.6 is 11.8 Å². The standard InChI is InChI=1S/C23H21FN4O2.C21H23FN4O2S/c1-16(14-30-19-6-4-3-5-7-19)28-15-26-21(17-8-10-18(24)11-9-17)22(28)20-12-13-25-23(27-20)29-2;1-4-11-29-21-23-10-9-17(25-21)20-19(15-5-7-16(22)8-6-15)24-13-26(20)14(2)12-18(27)28-3/h3-13,15-16H,14H2,1-2H3;5-10,13-14H,4,11-12H2,1-3H3. The molecule has 0 bridgehead atoms. The molecule has 0 aliphatic heterocycles. The number of aromatic nitrogens is 8. The quantitative estimate of drug-likeness (QED) is 0.0557. The van der Waals surface area contributed by atoms with Crippen LogP contribution in [-0.4, -0.2) is 71.6 Å². The number of benzene rings is 3. The van der Waals surface area contributed by atoms with Gasteiger partial charge in [0.05, 0.1) is 73.5 Å². The fourth-order valence-corrected chi connectivity index (χ4v) is 6.76. The van der Waals surface area contributed by atoms with E-state index >= 15 is 0 Å². The first kappa shape index (κ1) is 42.1. The Hall–Kier alpha value is -6.48. The predicted octanol–water partition coefficient (Wildman–Crippen LogP) is 9.57. The van der Waals surface area contributed by atoms with Crippen LogP contribution in [0.2, 0.25) is 0 Å². The minimum Gasteiger partial charge on any atom is -0.491 e. The number of hydrogen-bond donors (Lipinski definition) is 0. The van der Waals surface area contributed by atoms with E-state index in [1.54, 1.807) is 67.1 Å². The van der Waals surface area contributed by atoms with E-state index in [1.807, 2.05) is 59.4 Å². The number of thioether (sulfide) groups is 1. The largest absolute Gasteiger partial charge is 0.491 e. The third-order valence-electron chi connectivity index (χ3n) is 9.07. The monoisotopic (exact) mass is 818 g/mol. The zero-order valence-corrected chi connectivity index (χ0v) is 34.1. The maximum atomic E-state index is 13.4. The molecule has 59 heavy (non-hydrogen) atoms. The highest BCUT2D eigenvalue weighted by molar-refractivity contribution is 7.99. The topological polar surface area (TPSA) is 132 Å². The van der Waals surface area contributed by atoms with Crippen molar-refractivity contribution in [1.29, 1.82) is 0 Å². The number of carbonyl (C=O) groups excluding carboxylic acids is 1. The van der Waals surface area contributed by atoms with Gasteiger partial charge >= 0.3 is 12.0 Å². The molecule has 0 saturated heterocycles. The lowest BCUT2D eigenvalue weighted by atomic mass is 10.1. The molecule has 0 spiro atoms. The highest BCUT2D eigenvalue weighted by Crippen LogP contribution is 2.35. The van der Waals surface area contributed by atoms with Crippen molar-refractivity contribution in [2.45, 2.75) is 50.9 Å². The second-order valence-corrected chi connectivity index (χ2v) is 14.4. The number of para-hydroxylation sites is 1. The Morgan fingerprint density at radius 2 is 1.27 bits per heavy atom. The van der Waals surface area contributed by atoms with Gasteiger partial charge < -0.3 is 23.3 Å². The molecule has 4 heterocycles. The van der Waals surface area contributed by atoms with Gasteiger partial charge in [0.25, 0.3) is 0 Å². The van der Waals surface area contributed by atoms with Crippen LogP contribution in [0.25, 0.3) is 45.3 Å². The molecule has 0 aliphatic rings. The van der Waals surface area contributed by atoms with Gasteiger partial charge in [-0.25, -0.2) is 33.7 Å². The lowest BCUT2D eigenvalue weighted by molar-refractivity contribution is -0.141. The normalized spacial score (nSPS) is 11.9. The minimum absolute atomic E-state index is 0.0390. The summed E-state index contributed by atoms with van der Waals surface area (Å²) in [4.78, 5) is 38.6. The van der Waals surface area contributed by atoms with Crippen LogP contribution < -0.4 is 9.47 Å². The Morgan fingerprint density at radius 3 is 1.83 bits per heavy atom. The summed E-state index contributed by atoms with van der Waals surface area (Å²) in [6.07, 6.45) is 8.01. The van der Waals surface area contributed by atoms with E-state index < -0.39 is 0 Å². The number of methoxy groups -OCH3 is 2. The van der Waals surface area contributed by atoms with Gasteiger partial charge in [-0.15, -0.1) is 0 Å². The van der Waals surface area contributed by atoms with Gasteiger partial charge in [0.15, 0.2) is 5.16 Å². The molecule has 0 saturated carbocycles. The summed E-state index contributed by atoms with van der Waals surface area (Å²) in [6, 6.07) is 25.7. The first-order valence-electron chi connectivity index (χ1n) is 18.9. The van der Waals surface area contributed by atoms with E-state index in [1.165, 1.54) is 38.5 Å². The maximum absolute atomic E-state index is 13.4. The van der Waals surface area contributed by atoms with Gasteiger partial charge in [0, 0.05) is 35.3 Å². The first-order chi connectivity index (χ1) is 28.7. The minimum atomic E-state index is -0.311. The van der Waals surface area contributed by atoms with Gasteiger partial charge in [0.2, 0.25) is 0 Å². The molecular formula is C44H44F2N8O4S. The molecule has 3 aromatic carbocycles. The molecule has 2 atom stereocenters. The van der Waals surface area contributed by atoms with Crippen LogP contribution in [0.3, 0.4) is 0 Å². The number of ether oxygens (including phenoxy) is 3. The smallest absolute Gasteiger partial charge is 0.316 e. The Kier molecular flexibility index (Phi) is 14.5. The van der Waals surface area contributed by atoms with Crippen molar-refractivity contribution in [1.82, 2.24) is 39.0 Å². The van der Waals surface area contributed by atoms with E-state index in [2.05, 4.69) is 31.8 Å². The fourth-order valence-electron chi connectivity index (χ4n) is 6.08. The Morgan fingerprint density at radius 1 is 0.712 bits per heavy atom. The van der Waals surface area contributed by atoms with Gasteiger partial charge in [-0.05, 0) is 93.1 Å². The van der Waals surface area contributed by atoms with Gasteiger partial charge in [0.1, 0.15) is 24.0 Å². The predicted molar refractivity (Wildman–Crippen MR) is 223 cm³/mol. The molecule has 304 valence electrons. The maximum Gasteiger partial charge on any atom is 0.316 e. The Labute approximate surface area is 345 Å². The molecule has 0 radical (unpaired) electrons. The summed E-state index contributed by atoms with van der Waals surface area (Å²) in [5.41, 5.74) is 5.83. The Bertz CT molecular complexity index is 2430. The lowest BCUT2D eigenvalue weighted by Crippen LogP contribution is -2.15. The third-order valence-corrected chi connectivity index (χ3v) is 10.1. The highest BCUT2D eigenvalue weighted by atomic mass is 32.2. The zero-order chi connectivity index (χ0) is 41.7. The second-order valence-electron chi connectivity index (χ2n) is 13.3. The Balaban J connectivity index is 0.000000199. The van der Waals surface area contributed by atoms with E-state index in [-0.39, 0.29) is 42.1 Å². The van der Waals surface area contributed by atoms with Crippen LogP contribution in [-0.2, 0) is 9.53 Å². The van der Waals surface area contributed by atoms with Crippen molar-refractivity contribution in [3.05, 3.63) is 128 Å². The molecule has 0 aliphatic carbocycles. The molecule has 7 rings (SSSR count). The summed E-state index contributed by atoms with van der Waals surface area (Å²) in [6.45, 7) is 6.51. The van der Waals surface area contributed by atoms with E-state index in [0.717, 1.165) is 40.4 Å².